The fourth-order valence-electron chi connectivity index (χ4n) is 17.0. The third kappa shape index (κ3) is 17.8. The Morgan fingerprint density at radius 2 is 0.662 bits per heavy atom. The number of halogens is 14. The summed E-state index contributed by atoms with van der Waals surface area (Å²) in [5.41, 5.74) is 14.7. The topological polar surface area (TPSA) is 359 Å². The lowest BCUT2D eigenvalue weighted by atomic mass is 10.1. The normalized spacial score (nSPS) is 12.6. The van der Waals surface area contributed by atoms with Crippen LogP contribution in [0.5, 0.6) is 5.75 Å². The van der Waals surface area contributed by atoms with E-state index in [0.717, 1.165) is 69.4 Å². The van der Waals surface area contributed by atoms with E-state index in [1.54, 1.807) is 87.3 Å². The van der Waals surface area contributed by atoms with Crippen LogP contribution in [0.15, 0.2) is 213 Å². The van der Waals surface area contributed by atoms with Crippen molar-refractivity contribution in [3.63, 3.8) is 0 Å². The zero-order chi connectivity index (χ0) is 98.6. The van der Waals surface area contributed by atoms with Crippen molar-refractivity contribution in [2.45, 2.75) is 123 Å². The molecule has 33 nitrogen and oxygen atoms in total. The molecule has 142 heavy (non-hydrogen) atoms. The van der Waals surface area contributed by atoms with Gasteiger partial charge in [-0.15, -0.1) is 33.6 Å². The molecular formula is C95H68ClF13N28O5. The average molecular weight is 1960 g/mol. The molecule has 0 aliphatic carbocycles. The van der Waals surface area contributed by atoms with Gasteiger partial charge in [0.1, 0.15) is 54.3 Å². The van der Waals surface area contributed by atoms with Crippen LogP contribution in [0.1, 0.15) is 165 Å². The van der Waals surface area contributed by atoms with Crippen molar-refractivity contribution >= 4 is 11.6 Å². The smallest absolute Gasteiger partial charge is 0.406 e. The van der Waals surface area contributed by atoms with Gasteiger partial charge in [-0.25, -0.2) is 56.2 Å². The molecular weight excluding hydrogens is 1900 g/mol. The van der Waals surface area contributed by atoms with Gasteiger partial charge in [0.15, 0.2) is 46.1 Å². The van der Waals surface area contributed by atoms with Crippen LogP contribution in [-0.2, 0) is 63.7 Å². The molecule has 4 aliphatic rings. The number of nitrogens with zero attached hydrogens (tertiary/aromatic N) is 28. The molecule has 0 radical (unpaired) electrons. The predicted molar refractivity (Wildman–Crippen MR) is 474 cm³/mol. The van der Waals surface area contributed by atoms with Gasteiger partial charge in [-0.1, -0.05) is 129 Å². The Hall–Kier alpha value is -17.1. The predicted octanol–water partition coefficient (Wildman–Crippen LogP) is 19.0. The molecule has 8 aromatic carbocycles. The van der Waals surface area contributed by atoms with Gasteiger partial charge in [0.25, 0.3) is 23.6 Å². The molecule has 0 unspecified atom stereocenters. The molecule has 716 valence electrons. The summed E-state index contributed by atoms with van der Waals surface area (Å²) in [6.07, 6.45) is -5.18. The number of aryl methyl sites for hydroxylation is 2. The minimum absolute atomic E-state index is 0.0365. The van der Waals surface area contributed by atoms with Crippen molar-refractivity contribution in [1.82, 2.24) is 139 Å². The van der Waals surface area contributed by atoms with E-state index in [0.29, 0.717) is 162 Å². The standard InChI is InChI=1S/C25H19F4N7O2.C24H19ClFN7O.2C23H15F4N7O/c1-13(2)23-31-24(38-33-23)22-21-11-19-17(9-14-3-5-15(26)6-4-14)32-34-36(19)20-10-16(37-25(27,28)29)7-8-18(20)35(21)12-30-22;1-13(2)23-28-24(34-30-23)22-21-11-19-17(9-14-4-3-5-16(26)8-14)29-31-33(19)20-10-15(25)6-7-18(20)32(21)12-27-22;1-12-29-22(35-31-12)21-20-10-18-16(8-13-2-5-15(24)6-3-13)30-32-34(18)19-9-14(23(25,26)27)4-7-17(19)33(20)11-28-21;1-12-29-22(35-31-12)21-20-10-18-16(8-13-3-2-4-15(24)7-13)30-32-34(18)19-9-14(23(25,26)27)5-6-17(19)33(20)11-28-21/h3-8,10,12-13H,9,11H2,1-2H3;3-8,10,12-13H,9,11H2,1-2H3;2*2-7,9,11H,8,10H2,1H3. The van der Waals surface area contributed by atoms with Crippen molar-refractivity contribution in [2.75, 3.05) is 0 Å². The van der Waals surface area contributed by atoms with E-state index in [1.165, 1.54) is 106 Å². The van der Waals surface area contributed by atoms with Crippen LogP contribution < -0.4 is 4.74 Å². The Morgan fingerprint density at radius 1 is 0.338 bits per heavy atom. The Bertz CT molecular complexity index is 8210. The minimum atomic E-state index is -4.86. The number of hydrogen-bond donors (Lipinski definition) is 0. The van der Waals surface area contributed by atoms with E-state index in [2.05, 4.69) is 106 Å². The van der Waals surface area contributed by atoms with Crippen LogP contribution in [0.25, 0.3) is 91.8 Å². The number of fused-ring (bicyclic) bond motifs is 20. The monoisotopic (exact) mass is 1960 g/mol. The second kappa shape index (κ2) is 36.0. The number of ether oxygens (including phenoxy) is 1. The number of hydrogen-bond acceptors (Lipinski definition) is 25. The van der Waals surface area contributed by atoms with E-state index < -0.39 is 41.4 Å². The maximum atomic E-state index is 13.8. The Kier molecular flexibility index (Phi) is 23.2. The van der Waals surface area contributed by atoms with Crippen LogP contribution >= 0.6 is 11.6 Å². The first-order valence-corrected chi connectivity index (χ1v) is 44.0. The SMILES string of the molecule is CC(C)c1noc(-c2ncn3c2Cc2c(Cc4ccc(F)cc4)nnn2-c2cc(OC(F)(F)F)ccc2-3)n1.CC(C)c1noc(-c2ncn3c2Cc2c(Cc4cccc(F)c4)nnn2-c2cc(Cl)ccc2-3)n1.Cc1noc(-c2ncn3c2Cc2c(Cc4ccc(F)cc4)nnn2-c2cc(C(F)(F)F)ccc2-3)n1.Cc1noc(-c2ncn3c2Cc2c(Cc4cccc(F)c4)nnn2-c2cc(C(F)(F)F)ccc2-3)n1. The molecule has 16 heterocycles. The Balaban J connectivity index is 0.000000112. The molecule has 0 amide bonds. The maximum absolute atomic E-state index is 13.8. The average Bonchev–Trinajstić information content (AvgIpc) is 1.59. The highest BCUT2D eigenvalue weighted by Crippen LogP contribution is 2.44. The van der Waals surface area contributed by atoms with Crippen molar-refractivity contribution in [3.8, 4) is 97.6 Å². The maximum Gasteiger partial charge on any atom is 0.573 e. The van der Waals surface area contributed by atoms with Gasteiger partial charge in [-0.3, -0.25) is 18.3 Å². The molecule has 4 aliphatic heterocycles. The fourth-order valence-corrected chi connectivity index (χ4v) is 17.2. The summed E-state index contributed by atoms with van der Waals surface area (Å²) in [5, 5.41) is 50.7. The van der Waals surface area contributed by atoms with Gasteiger partial charge in [0.2, 0.25) is 0 Å². The molecule has 0 saturated carbocycles. The molecule has 0 N–H and O–H groups in total. The number of rotatable bonds is 15. The molecule has 0 bridgehead atoms. The van der Waals surface area contributed by atoms with Crippen LogP contribution in [0.2, 0.25) is 5.02 Å². The fraction of sp³-hybridized carbons (Fsp3) is 0.200. The van der Waals surface area contributed by atoms with E-state index >= 15 is 0 Å². The van der Waals surface area contributed by atoms with Gasteiger partial charge < -0.3 is 22.8 Å². The van der Waals surface area contributed by atoms with Gasteiger partial charge >= 0.3 is 18.7 Å². The molecule has 0 atom stereocenters. The Labute approximate surface area is 795 Å². The molecule has 0 saturated heterocycles. The summed E-state index contributed by atoms with van der Waals surface area (Å²) >= 11 is 6.35. The minimum Gasteiger partial charge on any atom is -0.406 e. The zero-order valence-electron chi connectivity index (χ0n) is 74.6. The first-order chi connectivity index (χ1) is 68.2. The van der Waals surface area contributed by atoms with Crippen LogP contribution in [-0.4, -0.2) is 145 Å². The zero-order valence-corrected chi connectivity index (χ0v) is 75.4. The second-order valence-corrected chi connectivity index (χ2v) is 34.3. The van der Waals surface area contributed by atoms with Gasteiger partial charge in [-0.05, 0) is 151 Å². The summed E-state index contributed by atoms with van der Waals surface area (Å²) in [6, 6.07) is 40.9. The highest BCUT2D eigenvalue weighted by atomic mass is 35.5. The van der Waals surface area contributed by atoms with Gasteiger partial charge in [-0.2, -0.15) is 46.3 Å². The lowest BCUT2D eigenvalue weighted by Crippen LogP contribution is -2.17. The molecule has 20 aromatic rings. The third-order valence-corrected chi connectivity index (χ3v) is 24.0. The summed E-state index contributed by atoms with van der Waals surface area (Å²) in [5.74, 6) is 1.31. The van der Waals surface area contributed by atoms with Crippen molar-refractivity contribution < 1.29 is 79.9 Å². The first-order valence-electron chi connectivity index (χ1n) is 43.6. The summed E-state index contributed by atoms with van der Waals surface area (Å²) < 4.78 is 214. The van der Waals surface area contributed by atoms with E-state index in [-0.39, 0.29) is 84.0 Å². The number of aromatic nitrogens is 28. The van der Waals surface area contributed by atoms with Gasteiger partial charge in [0.05, 0.1) is 125 Å². The highest BCUT2D eigenvalue weighted by Gasteiger charge is 2.40. The molecule has 24 rings (SSSR count). The molecule has 12 aromatic heterocycles. The van der Waals surface area contributed by atoms with Crippen LogP contribution in [0.4, 0.5) is 57.1 Å². The second-order valence-electron chi connectivity index (χ2n) is 33.9. The Morgan fingerprint density at radius 3 is 0.986 bits per heavy atom. The quantitative estimate of drug-likeness (QED) is 0.0860. The van der Waals surface area contributed by atoms with Crippen LogP contribution in [0.3, 0.4) is 0 Å². The summed E-state index contributed by atoms with van der Waals surface area (Å²) in [7, 11) is 0. The van der Waals surface area contributed by atoms with Crippen molar-refractivity contribution in [1.29, 1.82) is 0 Å². The van der Waals surface area contributed by atoms with Crippen molar-refractivity contribution in [2.24, 2.45) is 0 Å². The lowest BCUT2D eigenvalue weighted by molar-refractivity contribution is -0.274. The summed E-state index contributed by atoms with van der Waals surface area (Å²) in [4.78, 5) is 35.5. The van der Waals surface area contributed by atoms with E-state index in [9.17, 15) is 57.1 Å². The number of benzene rings is 8. The van der Waals surface area contributed by atoms with Gasteiger partial charge in [0, 0.05) is 74.3 Å². The molecule has 47 heteroatoms. The largest absolute Gasteiger partial charge is 0.573 e. The number of imidazole rings is 4. The van der Waals surface area contributed by atoms with E-state index in [1.807, 2.05) is 56.5 Å². The molecule has 0 fully saturated rings. The highest BCUT2D eigenvalue weighted by molar-refractivity contribution is 6.30. The molecule has 0 spiro atoms. The van der Waals surface area contributed by atoms with Crippen molar-refractivity contribution in [3.05, 3.63) is 348 Å². The first kappa shape index (κ1) is 91.3. The van der Waals surface area contributed by atoms with Crippen LogP contribution in [0, 0.1) is 37.1 Å². The third-order valence-electron chi connectivity index (χ3n) is 23.7. The lowest BCUT2D eigenvalue weighted by Gasteiger charge is -2.13. The summed E-state index contributed by atoms with van der Waals surface area (Å²) in [6.45, 7) is 11.2. The number of alkyl halides is 9. The van der Waals surface area contributed by atoms with E-state index in [4.69, 9.17) is 29.7 Å².